The van der Waals surface area contributed by atoms with Gasteiger partial charge in [0.1, 0.15) is 12.0 Å². The van der Waals surface area contributed by atoms with E-state index >= 15 is 0 Å². The van der Waals surface area contributed by atoms with Gasteiger partial charge in [-0.2, -0.15) is 13.2 Å². The number of nitrogens with one attached hydrogen (secondary N) is 1. The van der Waals surface area contributed by atoms with Gasteiger partial charge >= 0.3 is 6.18 Å². The molecule has 0 bridgehead atoms. The SMILES string of the molecule is N[C@@H]1CCN(C(=O)[C@H]2CC[C@@H](C(F)(F)F)NC2=O)C1. The van der Waals surface area contributed by atoms with E-state index < -0.39 is 30.0 Å². The molecule has 0 aromatic heterocycles. The van der Waals surface area contributed by atoms with Crippen LogP contribution in [0.4, 0.5) is 13.2 Å². The number of piperidine rings is 1. The predicted octanol–water partition coefficient (Wildman–Crippen LogP) is 0.00310. The Bertz CT molecular complexity index is 386. The minimum absolute atomic E-state index is 0.0689. The van der Waals surface area contributed by atoms with Crippen LogP contribution in [0.2, 0.25) is 0 Å². The van der Waals surface area contributed by atoms with Crippen molar-refractivity contribution in [2.75, 3.05) is 13.1 Å². The highest BCUT2D eigenvalue weighted by molar-refractivity contribution is 6.01. The number of hydrogen-bond donors (Lipinski definition) is 2. The molecule has 2 aliphatic heterocycles. The molecule has 0 spiro atoms. The maximum absolute atomic E-state index is 12.5. The molecule has 2 aliphatic rings. The van der Waals surface area contributed by atoms with E-state index in [9.17, 15) is 22.8 Å². The average Bonchev–Trinajstić information content (AvgIpc) is 2.73. The molecule has 0 saturated carbocycles. The fraction of sp³-hybridized carbons (Fsp3) is 0.818. The van der Waals surface area contributed by atoms with Crippen LogP contribution >= 0.6 is 0 Å². The van der Waals surface area contributed by atoms with Crippen LogP contribution in [-0.4, -0.2) is 48.1 Å². The lowest BCUT2D eigenvalue weighted by Gasteiger charge is -2.31. The van der Waals surface area contributed by atoms with Crippen LogP contribution in [-0.2, 0) is 9.59 Å². The summed E-state index contributed by atoms with van der Waals surface area (Å²) in [5.41, 5.74) is 5.66. The highest BCUT2D eigenvalue weighted by atomic mass is 19.4. The van der Waals surface area contributed by atoms with Gasteiger partial charge in [-0.1, -0.05) is 0 Å². The Hall–Kier alpha value is -1.31. The molecule has 0 aromatic carbocycles. The van der Waals surface area contributed by atoms with Gasteiger partial charge in [0, 0.05) is 19.1 Å². The first-order valence-electron chi connectivity index (χ1n) is 6.20. The number of likely N-dealkylation sites (tertiary alicyclic amines) is 1. The van der Waals surface area contributed by atoms with Crippen molar-refractivity contribution in [3.05, 3.63) is 0 Å². The third-order valence-electron chi connectivity index (χ3n) is 3.61. The van der Waals surface area contributed by atoms with Crippen LogP contribution in [0.15, 0.2) is 0 Å². The predicted molar refractivity (Wildman–Crippen MR) is 59.9 cm³/mol. The lowest BCUT2D eigenvalue weighted by atomic mass is 9.92. The smallest absolute Gasteiger partial charge is 0.344 e. The summed E-state index contributed by atoms with van der Waals surface area (Å²) < 4.78 is 37.4. The molecule has 0 radical (unpaired) electrons. The molecule has 2 fully saturated rings. The zero-order valence-electron chi connectivity index (χ0n) is 10.2. The number of nitrogens with zero attached hydrogens (tertiary/aromatic N) is 1. The summed E-state index contributed by atoms with van der Waals surface area (Å²) in [6.07, 6.45) is -4.13. The van der Waals surface area contributed by atoms with Gasteiger partial charge < -0.3 is 16.0 Å². The second kappa shape index (κ2) is 4.99. The average molecular weight is 279 g/mol. The minimum Gasteiger partial charge on any atom is -0.344 e. The molecule has 8 heteroatoms. The first-order chi connectivity index (χ1) is 8.79. The summed E-state index contributed by atoms with van der Waals surface area (Å²) in [5, 5.41) is 1.88. The summed E-state index contributed by atoms with van der Waals surface area (Å²) in [7, 11) is 0. The van der Waals surface area contributed by atoms with Crippen molar-refractivity contribution in [2.24, 2.45) is 11.7 Å². The van der Waals surface area contributed by atoms with E-state index in [1.165, 1.54) is 4.90 Å². The summed E-state index contributed by atoms with van der Waals surface area (Å²) in [6, 6.07) is -1.96. The van der Waals surface area contributed by atoms with Crippen molar-refractivity contribution in [1.29, 1.82) is 0 Å². The zero-order chi connectivity index (χ0) is 14.2. The van der Waals surface area contributed by atoms with Gasteiger partial charge in [-0.3, -0.25) is 9.59 Å². The topological polar surface area (TPSA) is 75.4 Å². The molecule has 3 N–H and O–H groups in total. The Balaban J connectivity index is 1.96. The Morgan fingerprint density at radius 3 is 2.47 bits per heavy atom. The fourth-order valence-corrected chi connectivity index (χ4v) is 2.50. The van der Waals surface area contributed by atoms with Crippen LogP contribution in [0.1, 0.15) is 19.3 Å². The molecule has 108 valence electrons. The highest BCUT2D eigenvalue weighted by Gasteiger charge is 2.46. The second-order valence-corrected chi connectivity index (χ2v) is 5.07. The van der Waals surface area contributed by atoms with E-state index in [0.717, 1.165) is 0 Å². The molecular formula is C11H16F3N3O2. The van der Waals surface area contributed by atoms with E-state index in [1.807, 2.05) is 5.32 Å². The number of hydrogen-bond acceptors (Lipinski definition) is 3. The van der Waals surface area contributed by atoms with Crippen molar-refractivity contribution < 1.29 is 22.8 Å². The van der Waals surface area contributed by atoms with Gasteiger partial charge in [0.05, 0.1) is 0 Å². The molecule has 3 atom stereocenters. The lowest BCUT2D eigenvalue weighted by molar-refractivity contribution is -0.172. The Morgan fingerprint density at radius 1 is 1.32 bits per heavy atom. The number of carbonyl (C=O) groups excluding carboxylic acids is 2. The number of carbonyl (C=O) groups is 2. The van der Waals surface area contributed by atoms with Crippen molar-refractivity contribution >= 4 is 11.8 Å². The second-order valence-electron chi connectivity index (χ2n) is 5.07. The summed E-state index contributed by atoms with van der Waals surface area (Å²) >= 11 is 0. The first-order valence-corrected chi connectivity index (χ1v) is 6.20. The molecular weight excluding hydrogens is 263 g/mol. The number of alkyl halides is 3. The van der Waals surface area contributed by atoms with E-state index in [1.54, 1.807) is 0 Å². The zero-order valence-corrected chi connectivity index (χ0v) is 10.2. The van der Waals surface area contributed by atoms with Crippen LogP contribution in [0.5, 0.6) is 0 Å². The van der Waals surface area contributed by atoms with Crippen LogP contribution in [0, 0.1) is 5.92 Å². The molecule has 0 aromatic rings. The van der Waals surface area contributed by atoms with E-state index in [0.29, 0.717) is 19.5 Å². The summed E-state index contributed by atoms with van der Waals surface area (Å²) in [5.74, 6) is -2.26. The maximum atomic E-state index is 12.5. The maximum Gasteiger partial charge on any atom is 0.408 e. The number of nitrogens with two attached hydrogens (primary N) is 1. The number of amides is 2. The van der Waals surface area contributed by atoms with Gasteiger partial charge in [-0.25, -0.2) is 0 Å². The van der Waals surface area contributed by atoms with Crippen LogP contribution in [0.3, 0.4) is 0 Å². The largest absolute Gasteiger partial charge is 0.408 e. The first kappa shape index (κ1) is 14.1. The van der Waals surface area contributed by atoms with E-state index in [2.05, 4.69) is 0 Å². The Kier molecular flexibility index (Phi) is 3.71. The Labute approximate surface area is 108 Å². The van der Waals surface area contributed by atoms with E-state index in [-0.39, 0.29) is 18.9 Å². The van der Waals surface area contributed by atoms with Gasteiger partial charge in [-0.15, -0.1) is 0 Å². The normalized spacial score (nSPS) is 32.3. The van der Waals surface area contributed by atoms with Crippen molar-refractivity contribution in [3.8, 4) is 0 Å². The van der Waals surface area contributed by atoms with Crippen molar-refractivity contribution in [2.45, 2.75) is 37.5 Å². The van der Waals surface area contributed by atoms with Crippen molar-refractivity contribution in [3.63, 3.8) is 0 Å². The quantitative estimate of drug-likeness (QED) is 0.664. The van der Waals surface area contributed by atoms with Crippen molar-refractivity contribution in [1.82, 2.24) is 10.2 Å². The van der Waals surface area contributed by atoms with Crippen LogP contribution in [0.25, 0.3) is 0 Å². The van der Waals surface area contributed by atoms with Gasteiger partial charge in [0.25, 0.3) is 0 Å². The van der Waals surface area contributed by atoms with Gasteiger partial charge in [0.15, 0.2) is 0 Å². The third kappa shape index (κ3) is 2.99. The number of halogens is 3. The lowest BCUT2D eigenvalue weighted by Crippen LogP contribution is -2.54. The molecule has 2 rings (SSSR count). The molecule has 0 unspecified atom stereocenters. The monoisotopic (exact) mass is 279 g/mol. The molecule has 5 nitrogen and oxygen atoms in total. The number of rotatable bonds is 1. The molecule has 2 amide bonds. The van der Waals surface area contributed by atoms with E-state index in [4.69, 9.17) is 5.73 Å². The summed E-state index contributed by atoms with van der Waals surface area (Å²) in [4.78, 5) is 25.1. The molecule has 2 saturated heterocycles. The summed E-state index contributed by atoms with van der Waals surface area (Å²) in [6.45, 7) is 0.831. The van der Waals surface area contributed by atoms with Crippen LogP contribution < -0.4 is 11.1 Å². The fourth-order valence-electron chi connectivity index (χ4n) is 2.50. The van der Waals surface area contributed by atoms with Gasteiger partial charge in [-0.05, 0) is 19.3 Å². The highest BCUT2D eigenvalue weighted by Crippen LogP contribution is 2.29. The third-order valence-corrected chi connectivity index (χ3v) is 3.61. The molecule has 0 aliphatic carbocycles. The minimum atomic E-state index is -4.46. The van der Waals surface area contributed by atoms with Gasteiger partial charge in [0.2, 0.25) is 11.8 Å². The molecule has 19 heavy (non-hydrogen) atoms. The molecule has 2 heterocycles. The standard InChI is InChI=1S/C11H16F3N3O2/c12-11(13,14)8-2-1-7(9(18)16-8)10(19)17-4-3-6(15)5-17/h6-8H,1-5,15H2,(H,16,18)/t6-,7+,8+/m1/s1. The Morgan fingerprint density at radius 2 is 2.00 bits per heavy atom.